The second-order valence-corrected chi connectivity index (χ2v) is 4.04. The molecule has 0 radical (unpaired) electrons. The molecule has 0 fully saturated rings. The maximum Gasteiger partial charge on any atom is 0.275 e. The summed E-state index contributed by atoms with van der Waals surface area (Å²) >= 11 is 12.1. The number of nitrogens with zero attached hydrogens (tertiary/aromatic N) is 1. The van der Waals surface area contributed by atoms with Crippen molar-refractivity contribution in [3.63, 3.8) is 0 Å². The fraction of sp³-hybridized carbons (Fsp3) is 0.0833. The molecular formula is C12H10Cl2N+. The van der Waals surface area contributed by atoms with Crippen LogP contribution in [-0.4, -0.2) is 0 Å². The molecule has 0 amide bonds. The first kappa shape index (κ1) is 10.5. The third kappa shape index (κ3) is 2.49. The number of benzene rings is 1. The first-order chi connectivity index (χ1) is 7.27. The molecule has 3 heteroatoms. The summed E-state index contributed by atoms with van der Waals surface area (Å²) in [6.07, 6.45) is 1.94. The van der Waals surface area contributed by atoms with Crippen LogP contribution in [0.15, 0.2) is 48.7 Å². The van der Waals surface area contributed by atoms with E-state index in [1.54, 1.807) is 0 Å². The smallest absolute Gasteiger partial charge is 0.184 e. The lowest BCUT2D eigenvalue weighted by Crippen LogP contribution is -2.34. The summed E-state index contributed by atoms with van der Waals surface area (Å²) in [5, 5.41) is 1.47. The first-order valence-electron chi connectivity index (χ1n) is 4.65. The Labute approximate surface area is 98.9 Å². The molecule has 0 atom stereocenters. The summed E-state index contributed by atoms with van der Waals surface area (Å²) in [5.74, 6) is 0. The van der Waals surface area contributed by atoms with Gasteiger partial charge in [0.15, 0.2) is 12.7 Å². The fourth-order valence-electron chi connectivity index (χ4n) is 1.39. The van der Waals surface area contributed by atoms with Gasteiger partial charge < -0.3 is 0 Å². The normalized spacial score (nSPS) is 10.3. The van der Waals surface area contributed by atoms with E-state index in [1.807, 2.05) is 53.2 Å². The Morgan fingerprint density at radius 1 is 0.933 bits per heavy atom. The van der Waals surface area contributed by atoms with Crippen LogP contribution >= 0.6 is 23.2 Å². The van der Waals surface area contributed by atoms with Gasteiger partial charge in [0.25, 0.3) is 5.15 Å². The Hall–Kier alpha value is -1.05. The molecule has 0 N–H and O–H groups in total. The average molecular weight is 239 g/mol. The zero-order valence-electron chi connectivity index (χ0n) is 8.03. The predicted molar refractivity (Wildman–Crippen MR) is 62.2 cm³/mol. The van der Waals surface area contributed by atoms with Crippen LogP contribution < -0.4 is 4.57 Å². The van der Waals surface area contributed by atoms with Gasteiger partial charge in [-0.1, -0.05) is 29.8 Å². The minimum atomic E-state index is 0.694. The van der Waals surface area contributed by atoms with E-state index in [-0.39, 0.29) is 0 Å². The molecule has 0 saturated carbocycles. The van der Waals surface area contributed by atoms with Gasteiger partial charge in [-0.25, -0.2) is 0 Å². The minimum Gasteiger partial charge on any atom is -0.184 e. The van der Waals surface area contributed by atoms with Gasteiger partial charge in [-0.15, -0.1) is 0 Å². The molecule has 2 rings (SSSR count). The van der Waals surface area contributed by atoms with Gasteiger partial charge in [0.2, 0.25) is 0 Å². The monoisotopic (exact) mass is 238 g/mol. The standard InChI is InChI=1S/C12H10Cl2N/c13-11-6-2-1-5-10(11)9-15-8-4-3-7-12(15)14/h1-8H,9H2/q+1. The lowest BCUT2D eigenvalue weighted by molar-refractivity contribution is -0.686. The van der Waals surface area contributed by atoms with Gasteiger partial charge in [0.05, 0.1) is 5.02 Å². The van der Waals surface area contributed by atoms with Gasteiger partial charge in [0.1, 0.15) is 0 Å². The van der Waals surface area contributed by atoms with Gasteiger partial charge in [-0.2, -0.15) is 4.57 Å². The van der Waals surface area contributed by atoms with E-state index in [2.05, 4.69) is 0 Å². The molecule has 76 valence electrons. The SMILES string of the molecule is Clc1ccccc1C[n+]1ccccc1Cl. The number of pyridine rings is 1. The molecule has 0 saturated heterocycles. The van der Waals surface area contributed by atoms with Crippen molar-refractivity contribution >= 4 is 23.2 Å². The molecule has 0 bridgehead atoms. The van der Waals surface area contributed by atoms with Crippen molar-refractivity contribution < 1.29 is 4.57 Å². The molecule has 2 aromatic rings. The third-order valence-electron chi connectivity index (χ3n) is 2.18. The topological polar surface area (TPSA) is 3.88 Å². The van der Waals surface area contributed by atoms with E-state index >= 15 is 0 Å². The number of halogens is 2. The zero-order valence-corrected chi connectivity index (χ0v) is 9.54. The molecule has 0 unspecified atom stereocenters. The van der Waals surface area contributed by atoms with Crippen molar-refractivity contribution in [3.8, 4) is 0 Å². The number of hydrogen-bond donors (Lipinski definition) is 0. The molecular weight excluding hydrogens is 229 g/mol. The van der Waals surface area contributed by atoms with Crippen molar-refractivity contribution in [2.24, 2.45) is 0 Å². The highest BCUT2D eigenvalue weighted by Crippen LogP contribution is 2.14. The van der Waals surface area contributed by atoms with Crippen LogP contribution in [0.2, 0.25) is 10.2 Å². The Morgan fingerprint density at radius 3 is 2.40 bits per heavy atom. The van der Waals surface area contributed by atoms with E-state index in [0.29, 0.717) is 11.7 Å². The van der Waals surface area contributed by atoms with Crippen molar-refractivity contribution in [1.82, 2.24) is 0 Å². The molecule has 0 aliphatic carbocycles. The first-order valence-corrected chi connectivity index (χ1v) is 5.40. The molecule has 1 aromatic carbocycles. The zero-order chi connectivity index (χ0) is 10.7. The summed E-state index contributed by atoms with van der Waals surface area (Å²) in [5.41, 5.74) is 1.07. The Kier molecular flexibility index (Phi) is 3.24. The summed E-state index contributed by atoms with van der Waals surface area (Å²) < 4.78 is 1.95. The second kappa shape index (κ2) is 4.65. The molecule has 1 heterocycles. The molecule has 0 aliphatic rings. The van der Waals surface area contributed by atoms with E-state index < -0.39 is 0 Å². The average Bonchev–Trinajstić information content (AvgIpc) is 2.24. The lowest BCUT2D eigenvalue weighted by Gasteiger charge is -2.01. The van der Waals surface area contributed by atoms with Gasteiger partial charge in [0, 0.05) is 17.7 Å². The summed E-state index contributed by atoms with van der Waals surface area (Å²) in [4.78, 5) is 0. The quantitative estimate of drug-likeness (QED) is 0.559. The van der Waals surface area contributed by atoms with E-state index in [9.17, 15) is 0 Å². The largest absolute Gasteiger partial charge is 0.275 e. The number of aromatic nitrogens is 1. The Balaban J connectivity index is 2.30. The maximum atomic E-state index is 6.07. The van der Waals surface area contributed by atoms with Crippen molar-refractivity contribution in [3.05, 3.63) is 64.4 Å². The van der Waals surface area contributed by atoms with E-state index in [1.165, 1.54) is 0 Å². The third-order valence-corrected chi connectivity index (χ3v) is 2.90. The molecule has 15 heavy (non-hydrogen) atoms. The van der Waals surface area contributed by atoms with Crippen LogP contribution in [0.1, 0.15) is 5.56 Å². The lowest BCUT2D eigenvalue weighted by atomic mass is 10.2. The summed E-state index contributed by atoms with van der Waals surface area (Å²) in [7, 11) is 0. The van der Waals surface area contributed by atoms with Crippen LogP contribution in [0.5, 0.6) is 0 Å². The van der Waals surface area contributed by atoms with Crippen LogP contribution in [0.3, 0.4) is 0 Å². The molecule has 0 spiro atoms. The maximum absolute atomic E-state index is 6.07. The van der Waals surface area contributed by atoms with Crippen LogP contribution in [0.25, 0.3) is 0 Å². The highest BCUT2D eigenvalue weighted by Gasteiger charge is 2.09. The Morgan fingerprint density at radius 2 is 1.67 bits per heavy atom. The van der Waals surface area contributed by atoms with Gasteiger partial charge in [-0.3, -0.25) is 0 Å². The summed E-state index contributed by atoms with van der Waals surface area (Å²) in [6, 6.07) is 13.5. The van der Waals surface area contributed by atoms with Crippen LogP contribution in [0, 0.1) is 0 Å². The van der Waals surface area contributed by atoms with E-state index in [0.717, 1.165) is 10.6 Å². The van der Waals surface area contributed by atoms with Crippen molar-refractivity contribution in [2.75, 3.05) is 0 Å². The van der Waals surface area contributed by atoms with Crippen LogP contribution in [-0.2, 0) is 6.54 Å². The minimum absolute atomic E-state index is 0.694. The second-order valence-electron chi connectivity index (χ2n) is 3.24. The molecule has 0 aliphatic heterocycles. The van der Waals surface area contributed by atoms with Gasteiger partial charge >= 0.3 is 0 Å². The predicted octanol–water partition coefficient (Wildman–Crippen LogP) is 3.33. The summed E-state index contributed by atoms with van der Waals surface area (Å²) in [6.45, 7) is 0.694. The highest BCUT2D eigenvalue weighted by atomic mass is 35.5. The highest BCUT2D eigenvalue weighted by molar-refractivity contribution is 6.31. The van der Waals surface area contributed by atoms with E-state index in [4.69, 9.17) is 23.2 Å². The number of rotatable bonds is 2. The Bertz CT molecular complexity index is 425. The van der Waals surface area contributed by atoms with Crippen LogP contribution in [0.4, 0.5) is 0 Å². The number of hydrogen-bond acceptors (Lipinski definition) is 0. The van der Waals surface area contributed by atoms with Crippen molar-refractivity contribution in [1.29, 1.82) is 0 Å². The van der Waals surface area contributed by atoms with Crippen molar-refractivity contribution in [2.45, 2.75) is 6.54 Å². The fourth-order valence-corrected chi connectivity index (χ4v) is 1.78. The molecule has 1 aromatic heterocycles. The van der Waals surface area contributed by atoms with Gasteiger partial charge in [-0.05, 0) is 23.7 Å². The molecule has 1 nitrogen and oxygen atoms in total.